The van der Waals surface area contributed by atoms with Crippen LogP contribution in [0.25, 0.3) is 0 Å². The molecule has 2 aliphatic heterocycles. The number of anilines is 1. The first-order valence-electron chi connectivity index (χ1n) is 11.1. The molecule has 170 valence electrons. The highest BCUT2D eigenvalue weighted by Crippen LogP contribution is 2.34. The van der Waals surface area contributed by atoms with Gasteiger partial charge in [0.2, 0.25) is 5.91 Å². The smallest absolute Gasteiger partial charge is 0.236 e. The van der Waals surface area contributed by atoms with Crippen molar-refractivity contribution in [2.75, 3.05) is 24.6 Å². The van der Waals surface area contributed by atoms with Gasteiger partial charge in [0, 0.05) is 24.8 Å². The molecule has 0 aromatic heterocycles. The van der Waals surface area contributed by atoms with E-state index in [0.29, 0.717) is 37.1 Å². The number of carbonyl (C=O) groups is 1. The van der Waals surface area contributed by atoms with Gasteiger partial charge >= 0.3 is 0 Å². The molecule has 3 N–H and O–H groups in total. The number of fused-ring (bicyclic) bond motifs is 1. The monoisotopic (exact) mass is 446 g/mol. The number of hydrogen-bond acceptors (Lipinski definition) is 7. The van der Waals surface area contributed by atoms with Crippen LogP contribution in [0.3, 0.4) is 0 Å². The maximum absolute atomic E-state index is 13.1. The van der Waals surface area contributed by atoms with E-state index in [0.717, 1.165) is 11.4 Å². The molecule has 4 atom stereocenters. The number of hydrogen-bond donors (Lipinski definition) is 3. The highest BCUT2D eigenvalue weighted by atomic mass is 32.2. The van der Waals surface area contributed by atoms with Crippen LogP contribution in [0.1, 0.15) is 41.0 Å². The molecule has 4 unspecified atom stereocenters. The van der Waals surface area contributed by atoms with Gasteiger partial charge in [-0.3, -0.25) is 20.5 Å². The molecule has 1 amide bonds. The standard InChI is InChI=1S/C22H34N6O2S/c1-6-17(21(29)27(7-2)8-3)31-22-24-20-18(14(5)25-26-20)19(23)28(22)15-10-12-16(13-11-15)30-9-4/h10-14,17-18,20,23,25-26H,6-9H2,1-5H3. The molecule has 1 aromatic carbocycles. The van der Waals surface area contributed by atoms with Gasteiger partial charge in [0.1, 0.15) is 17.8 Å². The minimum absolute atomic E-state index is 0.0808. The maximum atomic E-state index is 13.1. The first-order valence-corrected chi connectivity index (χ1v) is 12.0. The number of thioether (sulfide) groups is 1. The van der Waals surface area contributed by atoms with Crippen molar-refractivity contribution in [3.05, 3.63) is 24.3 Å². The lowest BCUT2D eigenvalue weighted by Crippen LogP contribution is -2.51. The van der Waals surface area contributed by atoms with E-state index >= 15 is 0 Å². The van der Waals surface area contributed by atoms with Crippen molar-refractivity contribution in [2.24, 2.45) is 10.9 Å². The largest absolute Gasteiger partial charge is 0.494 e. The predicted molar refractivity (Wildman–Crippen MR) is 128 cm³/mol. The molecule has 1 saturated heterocycles. The molecule has 0 aliphatic carbocycles. The zero-order valence-electron chi connectivity index (χ0n) is 19.0. The first kappa shape index (κ1) is 23.6. The van der Waals surface area contributed by atoms with Crippen molar-refractivity contribution in [3.8, 4) is 5.75 Å². The number of hydrazine groups is 1. The van der Waals surface area contributed by atoms with E-state index < -0.39 is 0 Å². The Balaban J connectivity index is 1.94. The Morgan fingerprint density at radius 1 is 1.23 bits per heavy atom. The Bertz CT molecular complexity index is 811. The number of ether oxygens (including phenoxy) is 1. The third-order valence-electron chi connectivity index (χ3n) is 5.71. The zero-order valence-corrected chi connectivity index (χ0v) is 19.8. The third-order valence-corrected chi connectivity index (χ3v) is 7.03. The van der Waals surface area contributed by atoms with Crippen LogP contribution in [-0.2, 0) is 4.79 Å². The molecule has 0 radical (unpaired) electrons. The van der Waals surface area contributed by atoms with Gasteiger partial charge in [-0.05, 0) is 58.4 Å². The van der Waals surface area contributed by atoms with Gasteiger partial charge in [0.25, 0.3) is 0 Å². The molecule has 31 heavy (non-hydrogen) atoms. The molecule has 9 heteroatoms. The SMILES string of the molecule is CCOc1ccc(N2C(=N)C3C(C)NNC3N=C2SC(CC)C(=O)N(CC)CC)cc1. The summed E-state index contributed by atoms with van der Waals surface area (Å²) in [5, 5.41) is 9.42. The predicted octanol–water partition coefficient (Wildman–Crippen LogP) is 3.06. The number of benzene rings is 1. The lowest BCUT2D eigenvalue weighted by molar-refractivity contribution is -0.130. The van der Waals surface area contributed by atoms with E-state index in [1.165, 1.54) is 11.8 Å². The van der Waals surface area contributed by atoms with Crippen molar-refractivity contribution < 1.29 is 9.53 Å². The normalized spacial score (nSPS) is 23.9. The molecule has 0 spiro atoms. The lowest BCUT2D eigenvalue weighted by atomic mass is 9.97. The van der Waals surface area contributed by atoms with Gasteiger partial charge in [-0.15, -0.1) is 0 Å². The van der Waals surface area contributed by atoms with E-state index in [-0.39, 0.29) is 29.3 Å². The van der Waals surface area contributed by atoms with Crippen LogP contribution >= 0.6 is 11.8 Å². The minimum Gasteiger partial charge on any atom is -0.494 e. The van der Waals surface area contributed by atoms with E-state index in [9.17, 15) is 4.79 Å². The molecule has 0 saturated carbocycles. The third kappa shape index (κ3) is 4.88. The topological polar surface area (TPSA) is 93.0 Å². The molecule has 0 bridgehead atoms. The van der Waals surface area contributed by atoms with Gasteiger partial charge in [0.15, 0.2) is 5.17 Å². The number of rotatable bonds is 8. The summed E-state index contributed by atoms with van der Waals surface area (Å²) in [5.74, 6) is 1.29. The van der Waals surface area contributed by atoms with Crippen LogP contribution in [0.2, 0.25) is 0 Å². The molecular formula is C22H34N6O2S. The van der Waals surface area contributed by atoms with Crippen LogP contribution in [0.4, 0.5) is 5.69 Å². The molecule has 2 heterocycles. The van der Waals surface area contributed by atoms with Crippen molar-refractivity contribution in [2.45, 2.75) is 58.5 Å². The zero-order chi connectivity index (χ0) is 22.5. The van der Waals surface area contributed by atoms with Crippen molar-refractivity contribution in [1.82, 2.24) is 15.8 Å². The number of nitrogens with one attached hydrogen (secondary N) is 3. The number of amides is 1. The molecule has 3 rings (SSSR count). The van der Waals surface area contributed by atoms with Crippen LogP contribution in [-0.4, -0.2) is 59.0 Å². The van der Waals surface area contributed by atoms with Gasteiger partial charge in [-0.25, -0.2) is 10.4 Å². The summed E-state index contributed by atoms with van der Waals surface area (Å²) < 4.78 is 5.57. The summed E-state index contributed by atoms with van der Waals surface area (Å²) in [7, 11) is 0. The Hall–Kier alpha value is -2.10. The van der Waals surface area contributed by atoms with Crippen LogP contribution in [0, 0.1) is 11.3 Å². The van der Waals surface area contributed by atoms with Crippen molar-refractivity contribution in [3.63, 3.8) is 0 Å². The van der Waals surface area contributed by atoms with Crippen LogP contribution in [0.5, 0.6) is 5.75 Å². The highest BCUT2D eigenvalue weighted by Gasteiger charge is 2.44. The summed E-state index contributed by atoms with van der Waals surface area (Å²) in [5.41, 5.74) is 7.26. The summed E-state index contributed by atoms with van der Waals surface area (Å²) in [6.07, 6.45) is 0.477. The minimum atomic E-state index is -0.250. The summed E-state index contributed by atoms with van der Waals surface area (Å²) in [6.45, 7) is 12.0. The summed E-state index contributed by atoms with van der Waals surface area (Å²) in [4.78, 5) is 21.7. The Kier molecular flexibility index (Phi) is 7.96. The fourth-order valence-electron chi connectivity index (χ4n) is 3.96. The molecular weight excluding hydrogens is 412 g/mol. The number of amidine groups is 2. The van der Waals surface area contributed by atoms with E-state index in [1.807, 2.05) is 61.8 Å². The average molecular weight is 447 g/mol. The van der Waals surface area contributed by atoms with E-state index in [4.69, 9.17) is 15.1 Å². The van der Waals surface area contributed by atoms with Gasteiger partial charge < -0.3 is 9.64 Å². The quantitative estimate of drug-likeness (QED) is 0.568. The Morgan fingerprint density at radius 2 is 1.90 bits per heavy atom. The second-order valence-electron chi connectivity index (χ2n) is 7.63. The van der Waals surface area contributed by atoms with Crippen LogP contribution < -0.4 is 20.5 Å². The van der Waals surface area contributed by atoms with Gasteiger partial charge in [-0.2, -0.15) is 0 Å². The fraction of sp³-hybridized carbons (Fsp3) is 0.591. The average Bonchev–Trinajstić information content (AvgIpc) is 3.14. The fourth-order valence-corrected chi connectivity index (χ4v) is 5.12. The maximum Gasteiger partial charge on any atom is 0.236 e. The highest BCUT2D eigenvalue weighted by molar-refractivity contribution is 8.15. The van der Waals surface area contributed by atoms with E-state index in [2.05, 4.69) is 17.8 Å². The van der Waals surface area contributed by atoms with Crippen molar-refractivity contribution >= 4 is 34.4 Å². The van der Waals surface area contributed by atoms with Crippen LogP contribution in [0.15, 0.2) is 29.3 Å². The molecule has 8 nitrogen and oxygen atoms in total. The summed E-state index contributed by atoms with van der Waals surface area (Å²) >= 11 is 1.45. The Morgan fingerprint density at radius 3 is 2.48 bits per heavy atom. The molecule has 1 fully saturated rings. The summed E-state index contributed by atoms with van der Waals surface area (Å²) in [6, 6.07) is 7.80. The second-order valence-corrected chi connectivity index (χ2v) is 8.80. The van der Waals surface area contributed by atoms with Crippen molar-refractivity contribution in [1.29, 1.82) is 5.41 Å². The first-order chi connectivity index (χ1) is 14.9. The number of carbonyl (C=O) groups excluding carboxylic acids is 1. The number of aliphatic imine (C=N–C) groups is 1. The Labute approximate surface area is 189 Å². The lowest BCUT2D eigenvalue weighted by Gasteiger charge is -2.37. The molecule has 1 aromatic rings. The number of nitrogens with zero attached hydrogens (tertiary/aromatic N) is 3. The second kappa shape index (κ2) is 10.5. The van der Waals surface area contributed by atoms with E-state index in [1.54, 1.807) is 0 Å². The van der Waals surface area contributed by atoms with Gasteiger partial charge in [-0.1, -0.05) is 18.7 Å². The molecule has 2 aliphatic rings. The van der Waals surface area contributed by atoms with Gasteiger partial charge in [0.05, 0.1) is 17.8 Å².